The quantitative estimate of drug-likeness (QED) is 0.359. The Balaban J connectivity index is 0.000000480. The van der Waals surface area contributed by atoms with Gasteiger partial charge in [0, 0.05) is 33.1 Å². The fourth-order valence-corrected chi connectivity index (χ4v) is 3.30. The van der Waals surface area contributed by atoms with E-state index in [-0.39, 0.29) is 18.1 Å². The molecule has 4 N–H and O–H groups in total. The van der Waals surface area contributed by atoms with Gasteiger partial charge < -0.3 is 15.5 Å². The van der Waals surface area contributed by atoms with Crippen LogP contribution in [0.4, 0.5) is 5.69 Å². The summed E-state index contributed by atoms with van der Waals surface area (Å²) in [7, 11) is -3.79. The summed E-state index contributed by atoms with van der Waals surface area (Å²) in [4.78, 5) is 10.9. The first-order chi connectivity index (χ1) is 13.4. The van der Waals surface area contributed by atoms with E-state index in [1.807, 2.05) is 9.73 Å². The normalized spacial score (nSPS) is 14.5. The standard InChI is InChI=1S/C13H18N4O3S.C4H11NO2/c1-11(18)15-21(19,20)13-7-5-12(6-8-13)14-16-17-9-3-2-4-10-17;6-3-1-5-2-4-7/h5-8H,2-4,9-10H2,1H3,(H,15,18);5-7H,1-4H2. The van der Waals surface area contributed by atoms with E-state index in [1.54, 1.807) is 12.1 Å². The van der Waals surface area contributed by atoms with Crippen LogP contribution in [0.3, 0.4) is 0 Å². The number of nitrogens with one attached hydrogen (secondary N) is 2. The van der Waals surface area contributed by atoms with E-state index in [9.17, 15) is 13.2 Å². The largest absolute Gasteiger partial charge is 0.395 e. The van der Waals surface area contributed by atoms with Gasteiger partial charge in [-0.05, 0) is 43.5 Å². The van der Waals surface area contributed by atoms with E-state index in [1.165, 1.54) is 18.6 Å². The van der Waals surface area contributed by atoms with E-state index in [0.717, 1.165) is 32.9 Å². The number of sulfonamides is 1. The first kappa shape index (κ1) is 24.0. The van der Waals surface area contributed by atoms with Crippen LogP contribution in [-0.2, 0) is 14.8 Å². The molecule has 0 radical (unpaired) electrons. The highest BCUT2D eigenvalue weighted by Gasteiger charge is 2.15. The van der Waals surface area contributed by atoms with Gasteiger partial charge in [-0.1, -0.05) is 5.22 Å². The Labute approximate surface area is 165 Å². The summed E-state index contributed by atoms with van der Waals surface area (Å²) in [6.07, 6.45) is 3.46. The minimum atomic E-state index is -3.79. The zero-order valence-corrected chi connectivity index (χ0v) is 16.9. The lowest BCUT2D eigenvalue weighted by Gasteiger charge is -2.21. The SMILES string of the molecule is CC(=O)NS(=O)(=O)c1ccc(N=NN2CCCCC2)cc1.OCCNCCO. The van der Waals surface area contributed by atoms with Crippen molar-refractivity contribution in [2.75, 3.05) is 39.4 Å². The lowest BCUT2D eigenvalue weighted by molar-refractivity contribution is -0.117. The second kappa shape index (κ2) is 13.2. The molecular weight excluding hydrogens is 386 g/mol. The van der Waals surface area contributed by atoms with Crippen LogP contribution in [-0.4, -0.2) is 68.9 Å². The van der Waals surface area contributed by atoms with Crippen LogP contribution >= 0.6 is 0 Å². The highest BCUT2D eigenvalue weighted by Crippen LogP contribution is 2.18. The number of nitrogens with zero attached hydrogens (tertiary/aromatic N) is 3. The minimum Gasteiger partial charge on any atom is -0.395 e. The lowest BCUT2D eigenvalue weighted by Crippen LogP contribution is -2.28. The smallest absolute Gasteiger partial charge is 0.264 e. The number of carbonyl (C=O) groups is 1. The molecule has 0 aromatic heterocycles. The van der Waals surface area contributed by atoms with E-state index in [0.29, 0.717) is 18.8 Å². The number of hydrogen-bond acceptors (Lipinski definition) is 8. The third-order valence-electron chi connectivity index (χ3n) is 3.62. The number of aliphatic hydroxyl groups excluding tert-OH is 2. The summed E-state index contributed by atoms with van der Waals surface area (Å²) in [5.41, 5.74) is 0.572. The molecule has 28 heavy (non-hydrogen) atoms. The Kier molecular flexibility index (Phi) is 11.3. The number of rotatable bonds is 8. The van der Waals surface area contributed by atoms with Crippen molar-refractivity contribution in [1.29, 1.82) is 0 Å². The van der Waals surface area contributed by atoms with Crippen LogP contribution in [0.2, 0.25) is 0 Å². The van der Waals surface area contributed by atoms with Crippen LogP contribution in [0.25, 0.3) is 0 Å². The highest BCUT2D eigenvalue weighted by molar-refractivity contribution is 7.90. The lowest BCUT2D eigenvalue weighted by atomic mass is 10.2. The Morgan fingerprint density at radius 2 is 1.64 bits per heavy atom. The van der Waals surface area contributed by atoms with Crippen molar-refractivity contribution in [3.8, 4) is 0 Å². The van der Waals surface area contributed by atoms with E-state index >= 15 is 0 Å². The van der Waals surface area contributed by atoms with Gasteiger partial charge in [-0.3, -0.25) is 9.80 Å². The molecule has 10 nitrogen and oxygen atoms in total. The molecule has 1 saturated heterocycles. The number of carbonyl (C=O) groups excluding carboxylic acids is 1. The molecule has 1 aromatic rings. The number of aliphatic hydroxyl groups is 2. The van der Waals surface area contributed by atoms with Crippen molar-refractivity contribution < 1.29 is 23.4 Å². The van der Waals surface area contributed by atoms with Crippen LogP contribution in [0.5, 0.6) is 0 Å². The molecular formula is C17H29N5O5S. The van der Waals surface area contributed by atoms with Gasteiger partial charge in [0.15, 0.2) is 0 Å². The van der Waals surface area contributed by atoms with Crippen molar-refractivity contribution in [1.82, 2.24) is 15.0 Å². The zero-order valence-electron chi connectivity index (χ0n) is 16.0. The molecule has 1 aliphatic heterocycles. The van der Waals surface area contributed by atoms with E-state index < -0.39 is 15.9 Å². The molecule has 11 heteroatoms. The second-order valence-electron chi connectivity index (χ2n) is 6.06. The maximum absolute atomic E-state index is 11.8. The summed E-state index contributed by atoms with van der Waals surface area (Å²) in [5, 5.41) is 29.2. The van der Waals surface area contributed by atoms with Gasteiger partial charge in [0.25, 0.3) is 10.0 Å². The molecule has 1 fully saturated rings. The molecule has 0 unspecified atom stereocenters. The van der Waals surface area contributed by atoms with Crippen LogP contribution in [0.1, 0.15) is 26.2 Å². The molecule has 0 spiro atoms. The van der Waals surface area contributed by atoms with Gasteiger partial charge in [0.05, 0.1) is 23.8 Å². The molecule has 0 aliphatic carbocycles. The average molecular weight is 416 g/mol. The first-order valence-corrected chi connectivity index (χ1v) is 10.6. The number of piperidine rings is 1. The first-order valence-electron chi connectivity index (χ1n) is 9.11. The Bertz CT molecular complexity index is 699. The van der Waals surface area contributed by atoms with Crippen LogP contribution < -0.4 is 10.0 Å². The molecule has 2 rings (SSSR count). The minimum absolute atomic E-state index is 0.0228. The Morgan fingerprint density at radius 1 is 1.07 bits per heavy atom. The number of hydrogen-bond donors (Lipinski definition) is 4. The molecule has 1 amide bonds. The van der Waals surface area contributed by atoms with Crippen molar-refractivity contribution in [2.45, 2.75) is 31.1 Å². The predicted molar refractivity (Wildman–Crippen MR) is 104 cm³/mol. The number of benzene rings is 1. The molecule has 0 bridgehead atoms. The monoisotopic (exact) mass is 415 g/mol. The van der Waals surface area contributed by atoms with E-state index in [4.69, 9.17) is 10.2 Å². The topological polar surface area (TPSA) is 144 Å². The van der Waals surface area contributed by atoms with Crippen molar-refractivity contribution in [2.24, 2.45) is 10.3 Å². The van der Waals surface area contributed by atoms with E-state index in [2.05, 4.69) is 15.7 Å². The van der Waals surface area contributed by atoms with Crippen molar-refractivity contribution in [3.63, 3.8) is 0 Å². The maximum Gasteiger partial charge on any atom is 0.264 e. The Hall–Kier alpha value is -2.08. The van der Waals surface area contributed by atoms with Gasteiger partial charge in [-0.2, -0.15) is 0 Å². The van der Waals surface area contributed by atoms with Gasteiger partial charge in [0.2, 0.25) is 5.91 Å². The van der Waals surface area contributed by atoms with Crippen LogP contribution in [0.15, 0.2) is 39.5 Å². The average Bonchev–Trinajstić information content (AvgIpc) is 2.67. The molecule has 0 saturated carbocycles. The fourth-order valence-electron chi connectivity index (χ4n) is 2.30. The maximum atomic E-state index is 11.8. The van der Waals surface area contributed by atoms with Crippen molar-refractivity contribution in [3.05, 3.63) is 24.3 Å². The summed E-state index contributed by atoms with van der Waals surface area (Å²) >= 11 is 0. The second-order valence-corrected chi connectivity index (χ2v) is 7.74. The third-order valence-corrected chi connectivity index (χ3v) is 5.07. The van der Waals surface area contributed by atoms with Gasteiger partial charge >= 0.3 is 0 Å². The number of amides is 1. The molecule has 0 atom stereocenters. The molecule has 158 valence electrons. The fraction of sp³-hybridized carbons (Fsp3) is 0.588. The summed E-state index contributed by atoms with van der Waals surface area (Å²) in [5.74, 6) is -0.621. The van der Waals surface area contributed by atoms with Gasteiger partial charge in [0.1, 0.15) is 0 Å². The molecule has 1 aliphatic rings. The predicted octanol–water partition coefficient (Wildman–Crippen LogP) is 0.557. The molecule has 1 aromatic carbocycles. The Morgan fingerprint density at radius 3 is 2.14 bits per heavy atom. The molecule has 1 heterocycles. The van der Waals surface area contributed by atoms with Gasteiger partial charge in [-0.15, -0.1) is 5.11 Å². The van der Waals surface area contributed by atoms with Crippen molar-refractivity contribution >= 4 is 21.6 Å². The zero-order chi connectivity index (χ0) is 20.8. The highest BCUT2D eigenvalue weighted by atomic mass is 32.2. The summed E-state index contributed by atoms with van der Waals surface area (Å²) in [6.45, 7) is 4.37. The summed E-state index contributed by atoms with van der Waals surface area (Å²) < 4.78 is 25.4. The third kappa shape index (κ3) is 9.74. The summed E-state index contributed by atoms with van der Waals surface area (Å²) in [6, 6.07) is 5.91. The van der Waals surface area contributed by atoms with Gasteiger partial charge in [-0.25, -0.2) is 13.1 Å². The van der Waals surface area contributed by atoms with Crippen LogP contribution in [0, 0.1) is 0 Å².